The first kappa shape index (κ1) is 16.1. The van der Waals surface area contributed by atoms with Crippen molar-refractivity contribution in [3.8, 4) is 0 Å². The Balaban J connectivity index is 2.78. The van der Waals surface area contributed by atoms with E-state index in [-0.39, 0.29) is 16.0 Å². The summed E-state index contributed by atoms with van der Waals surface area (Å²) in [7, 11) is -4.08. The quantitative estimate of drug-likeness (QED) is 0.484. The summed E-state index contributed by atoms with van der Waals surface area (Å²) in [6, 6.07) is 9.33. The normalized spacial score (nSPS) is 11.2. The Bertz CT molecular complexity index is 862. The molecule has 0 aliphatic rings. The first-order valence-corrected chi connectivity index (χ1v) is 7.90. The predicted molar refractivity (Wildman–Crippen MR) is 79.9 cm³/mol. The summed E-state index contributed by atoms with van der Waals surface area (Å²) in [5.74, 6) is 0. The largest absolute Gasteiger partial charge is 0.289 e. The van der Waals surface area contributed by atoms with Crippen LogP contribution in [-0.2, 0) is 9.84 Å². The molecule has 6 nitrogen and oxygen atoms in total. The lowest BCUT2D eigenvalue weighted by Crippen LogP contribution is -2.08. The zero-order chi connectivity index (χ0) is 16.5. The van der Waals surface area contributed by atoms with Crippen molar-refractivity contribution < 1.29 is 18.1 Å². The van der Waals surface area contributed by atoms with Gasteiger partial charge in [0.2, 0.25) is 9.84 Å². The number of nitro benzene ring substituents is 1. The van der Waals surface area contributed by atoms with E-state index in [1.165, 1.54) is 31.2 Å². The number of nitrogens with zero attached hydrogens (tertiary/aromatic N) is 1. The summed E-state index contributed by atoms with van der Waals surface area (Å²) in [5, 5.41) is 10.3. The highest BCUT2D eigenvalue weighted by molar-refractivity contribution is 7.91. The number of carbonyl (C=O) groups is 1. The van der Waals surface area contributed by atoms with Crippen LogP contribution in [-0.4, -0.2) is 18.6 Å². The van der Waals surface area contributed by atoms with Crippen molar-refractivity contribution in [2.45, 2.75) is 16.7 Å². The summed E-state index contributed by atoms with van der Waals surface area (Å²) < 4.78 is 25.1. The summed E-state index contributed by atoms with van der Waals surface area (Å²) in [4.78, 5) is 21.1. The van der Waals surface area contributed by atoms with E-state index in [4.69, 9.17) is 11.6 Å². The summed E-state index contributed by atoms with van der Waals surface area (Å²) in [6.07, 6.45) is 0. The van der Waals surface area contributed by atoms with Crippen molar-refractivity contribution in [1.29, 1.82) is 0 Å². The van der Waals surface area contributed by atoms with Gasteiger partial charge in [-0.3, -0.25) is 14.9 Å². The van der Waals surface area contributed by atoms with Crippen LogP contribution in [0.15, 0.2) is 52.3 Å². The van der Waals surface area contributed by atoms with Gasteiger partial charge in [0.1, 0.15) is 4.90 Å². The molecule has 2 aromatic carbocycles. The topological polar surface area (TPSA) is 94.3 Å². The van der Waals surface area contributed by atoms with Crippen LogP contribution >= 0.6 is 11.6 Å². The van der Waals surface area contributed by atoms with E-state index in [1.54, 1.807) is 6.07 Å². The molecular weight excluding hydrogens is 330 g/mol. The predicted octanol–water partition coefficient (Wildman–Crippen LogP) is 3.12. The highest BCUT2D eigenvalue weighted by Gasteiger charge is 2.29. The van der Waals surface area contributed by atoms with Crippen molar-refractivity contribution in [2.75, 3.05) is 0 Å². The zero-order valence-electron chi connectivity index (χ0n) is 11.3. The number of halogens is 1. The number of hydrogen-bond acceptors (Lipinski definition) is 5. The van der Waals surface area contributed by atoms with Gasteiger partial charge in [-0.15, -0.1) is 0 Å². The molecule has 22 heavy (non-hydrogen) atoms. The molecular formula is C14H10ClNO5S. The van der Waals surface area contributed by atoms with Crippen LogP contribution in [0.1, 0.15) is 15.9 Å². The number of sulfone groups is 1. The minimum absolute atomic E-state index is 0.0672. The number of nitro groups is 1. The zero-order valence-corrected chi connectivity index (χ0v) is 12.9. The maximum absolute atomic E-state index is 12.6. The van der Waals surface area contributed by atoms with Gasteiger partial charge in [0.25, 0.3) is 10.9 Å². The SMILES string of the molecule is Cc1cc(S(=O)(=O)c2ccccc2)c([N+](=O)[O-])cc1C(=O)Cl. The summed E-state index contributed by atoms with van der Waals surface area (Å²) >= 11 is 5.36. The Morgan fingerprint density at radius 1 is 1.18 bits per heavy atom. The van der Waals surface area contributed by atoms with E-state index >= 15 is 0 Å². The van der Waals surface area contributed by atoms with Crippen LogP contribution in [0.4, 0.5) is 5.69 Å². The Hall–Kier alpha value is -2.25. The second-order valence-electron chi connectivity index (χ2n) is 4.48. The van der Waals surface area contributed by atoms with Crippen molar-refractivity contribution in [1.82, 2.24) is 0 Å². The van der Waals surface area contributed by atoms with Crippen molar-refractivity contribution >= 4 is 32.4 Å². The summed E-state index contributed by atoms with van der Waals surface area (Å²) in [5.41, 5.74) is -0.529. The fourth-order valence-corrected chi connectivity index (χ4v) is 3.68. The maximum Gasteiger partial charge on any atom is 0.289 e. The molecule has 0 saturated heterocycles. The van der Waals surface area contributed by atoms with Gasteiger partial charge in [-0.1, -0.05) is 18.2 Å². The number of aryl methyl sites for hydroxylation is 1. The fourth-order valence-electron chi connectivity index (χ4n) is 1.97. The van der Waals surface area contributed by atoms with Gasteiger partial charge in [-0.25, -0.2) is 8.42 Å². The summed E-state index contributed by atoms with van der Waals surface area (Å²) in [6.45, 7) is 1.46. The van der Waals surface area contributed by atoms with Gasteiger partial charge >= 0.3 is 0 Å². The molecule has 0 aliphatic carbocycles. The third kappa shape index (κ3) is 2.86. The van der Waals surface area contributed by atoms with Crippen LogP contribution < -0.4 is 0 Å². The molecule has 0 aliphatic heterocycles. The minimum Gasteiger partial charge on any atom is -0.276 e. The number of benzene rings is 2. The second kappa shape index (κ2) is 5.86. The first-order valence-electron chi connectivity index (χ1n) is 6.04. The second-order valence-corrected chi connectivity index (χ2v) is 6.74. The molecule has 8 heteroatoms. The molecule has 0 heterocycles. The lowest BCUT2D eigenvalue weighted by molar-refractivity contribution is -0.387. The van der Waals surface area contributed by atoms with Crippen LogP contribution in [0.2, 0.25) is 0 Å². The van der Waals surface area contributed by atoms with Gasteiger partial charge in [0.15, 0.2) is 0 Å². The molecule has 0 atom stereocenters. The molecule has 0 unspecified atom stereocenters. The van der Waals surface area contributed by atoms with Gasteiger partial charge in [0, 0.05) is 11.6 Å². The lowest BCUT2D eigenvalue weighted by atomic mass is 10.1. The monoisotopic (exact) mass is 339 g/mol. The average Bonchev–Trinajstić information content (AvgIpc) is 2.47. The van der Waals surface area contributed by atoms with E-state index in [0.29, 0.717) is 0 Å². The minimum atomic E-state index is -4.08. The molecule has 0 bridgehead atoms. The Morgan fingerprint density at radius 3 is 2.27 bits per heavy atom. The van der Waals surface area contributed by atoms with Crippen LogP contribution in [0, 0.1) is 17.0 Å². The van der Waals surface area contributed by atoms with Gasteiger partial charge in [-0.2, -0.15) is 0 Å². The molecule has 0 amide bonds. The molecule has 2 aromatic rings. The van der Waals surface area contributed by atoms with E-state index in [1.807, 2.05) is 0 Å². The Labute approximate surface area is 131 Å². The number of carbonyl (C=O) groups excluding carboxylic acids is 1. The third-order valence-electron chi connectivity index (χ3n) is 3.06. The van der Waals surface area contributed by atoms with E-state index in [0.717, 1.165) is 12.1 Å². The Kier molecular flexibility index (Phi) is 4.30. The van der Waals surface area contributed by atoms with Crippen LogP contribution in [0.3, 0.4) is 0 Å². The third-order valence-corrected chi connectivity index (χ3v) is 5.06. The van der Waals surface area contributed by atoms with Crippen molar-refractivity contribution in [3.63, 3.8) is 0 Å². The molecule has 0 radical (unpaired) electrons. The van der Waals surface area contributed by atoms with E-state index in [2.05, 4.69) is 0 Å². The average molecular weight is 340 g/mol. The van der Waals surface area contributed by atoms with Crippen molar-refractivity contribution in [2.24, 2.45) is 0 Å². The molecule has 0 spiro atoms. The van der Waals surface area contributed by atoms with Gasteiger partial charge < -0.3 is 0 Å². The maximum atomic E-state index is 12.6. The molecule has 0 N–H and O–H groups in total. The van der Waals surface area contributed by atoms with Crippen LogP contribution in [0.5, 0.6) is 0 Å². The lowest BCUT2D eigenvalue weighted by Gasteiger charge is -2.08. The molecule has 0 fully saturated rings. The molecule has 0 saturated carbocycles. The highest BCUT2D eigenvalue weighted by atomic mass is 35.5. The molecule has 0 aromatic heterocycles. The molecule has 2 rings (SSSR count). The van der Waals surface area contributed by atoms with Crippen molar-refractivity contribution in [3.05, 3.63) is 63.7 Å². The standard InChI is InChI=1S/C14H10ClNO5S/c1-9-7-13(12(16(18)19)8-11(9)14(15)17)22(20,21)10-5-3-2-4-6-10/h2-8H,1H3. The van der Waals surface area contributed by atoms with Crippen LogP contribution in [0.25, 0.3) is 0 Å². The smallest absolute Gasteiger partial charge is 0.276 e. The van der Waals surface area contributed by atoms with E-state index in [9.17, 15) is 23.3 Å². The number of rotatable bonds is 4. The Morgan fingerprint density at radius 2 is 1.77 bits per heavy atom. The van der Waals surface area contributed by atoms with Gasteiger partial charge in [-0.05, 0) is 42.3 Å². The van der Waals surface area contributed by atoms with E-state index < -0.39 is 30.6 Å². The first-order chi connectivity index (χ1) is 10.2. The molecule has 114 valence electrons. The van der Waals surface area contributed by atoms with Gasteiger partial charge in [0.05, 0.1) is 9.82 Å². The highest BCUT2D eigenvalue weighted by Crippen LogP contribution is 2.32. The fraction of sp³-hybridized carbons (Fsp3) is 0.0714. The number of hydrogen-bond donors (Lipinski definition) is 0.